The average molecular weight is 256 g/mol. The van der Waals surface area contributed by atoms with Crippen molar-refractivity contribution in [2.75, 3.05) is 18.6 Å². The summed E-state index contributed by atoms with van der Waals surface area (Å²) in [6.07, 6.45) is 0. The van der Waals surface area contributed by atoms with Crippen LogP contribution in [0, 0.1) is 10.1 Å². The fraction of sp³-hybridized carbons (Fsp3) is 0.300. The highest BCUT2D eigenvalue weighted by Crippen LogP contribution is 2.24. The van der Waals surface area contributed by atoms with Crippen molar-refractivity contribution >= 4 is 29.1 Å². The Balaban J connectivity index is 2.59. The number of nitro groups is 1. The number of nitrogens with two attached hydrogens (primary N) is 1. The molecular weight excluding hydrogens is 244 g/mol. The van der Waals surface area contributed by atoms with E-state index < -0.39 is 4.92 Å². The molecule has 0 heterocycles. The van der Waals surface area contributed by atoms with Crippen LogP contribution in [0.5, 0.6) is 0 Å². The van der Waals surface area contributed by atoms with E-state index in [2.05, 4.69) is 4.74 Å². The topological polar surface area (TPSA) is 95.5 Å². The molecule has 1 aromatic carbocycles. The van der Waals surface area contributed by atoms with Gasteiger partial charge in [-0.25, -0.2) is 0 Å². The van der Waals surface area contributed by atoms with E-state index >= 15 is 0 Å². The molecule has 0 aliphatic carbocycles. The largest absolute Gasteiger partial charge is 0.468 e. The summed E-state index contributed by atoms with van der Waals surface area (Å²) in [5.74, 6) is 0.495. The molecule has 6 nitrogen and oxygen atoms in total. The second kappa shape index (κ2) is 6.09. The minimum atomic E-state index is -0.527. The smallest absolute Gasteiger partial charge is 0.315 e. The Morgan fingerprint density at radius 3 is 2.82 bits per heavy atom. The van der Waals surface area contributed by atoms with Gasteiger partial charge < -0.3 is 10.5 Å². The third kappa shape index (κ3) is 3.95. The summed E-state index contributed by atoms with van der Waals surface area (Å²) in [5, 5.41) is 10.5. The highest BCUT2D eigenvalue weighted by molar-refractivity contribution is 7.99. The molecule has 0 unspecified atom stereocenters. The van der Waals surface area contributed by atoms with Gasteiger partial charge in [-0.1, -0.05) is 6.07 Å². The molecule has 0 aliphatic rings. The Labute approximate surface area is 102 Å². The van der Waals surface area contributed by atoms with Crippen molar-refractivity contribution in [3.8, 4) is 0 Å². The van der Waals surface area contributed by atoms with Crippen molar-refractivity contribution in [3.63, 3.8) is 0 Å². The lowest BCUT2D eigenvalue weighted by atomic mass is 10.2. The highest BCUT2D eigenvalue weighted by atomic mass is 32.2. The number of ether oxygens (including phenoxy) is 1. The SMILES string of the molecule is COC(=O)CSCc1ccc([N+](=O)[O-])c(N)c1. The number of hydrogen-bond acceptors (Lipinski definition) is 6. The molecule has 1 aromatic rings. The number of benzene rings is 1. The van der Waals surface area contributed by atoms with Crippen LogP contribution in [0.2, 0.25) is 0 Å². The summed E-state index contributed by atoms with van der Waals surface area (Å²) in [5.41, 5.74) is 6.40. The molecule has 2 N–H and O–H groups in total. The van der Waals surface area contributed by atoms with E-state index in [1.165, 1.54) is 24.9 Å². The molecule has 7 heteroatoms. The second-order valence-corrected chi connectivity index (χ2v) is 4.20. The predicted octanol–water partition coefficient (Wildman–Crippen LogP) is 1.58. The van der Waals surface area contributed by atoms with Gasteiger partial charge in [0.15, 0.2) is 0 Å². The van der Waals surface area contributed by atoms with Gasteiger partial charge in [-0.05, 0) is 11.6 Å². The monoisotopic (exact) mass is 256 g/mol. The highest BCUT2D eigenvalue weighted by Gasteiger charge is 2.11. The van der Waals surface area contributed by atoms with Gasteiger partial charge in [0.25, 0.3) is 5.69 Å². The molecule has 0 bridgehead atoms. The van der Waals surface area contributed by atoms with E-state index in [-0.39, 0.29) is 23.1 Å². The number of nitrogens with zero attached hydrogens (tertiary/aromatic N) is 1. The van der Waals surface area contributed by atoms with Gasteiger partial charge in [-0.15, -0.1) is 11.8 Å². The zero-order chi connectivity index (χ0) is 12.8. The van der Waals surface area contributed by atoms with Crippen molar-refractivity contribution in [3.05, 3.63) is 33.9 Å². The lowest BCUT2D eigenvalue weighted by Crippen LogP contribution is -2.03. The summed E-state index contributed by atoms with van der Waals surface area (Å²) in [4.78, 5) is 20.9. The maximum atomic E-state index is 10.9. The maximum absolute atomic E-state index is 10.9. The van der Waals surface area contributed by atoms with Gasteiger partial charge in [0.1, 0.15) is 5.69 Å². The summed E-state index contributed by atoms with van der Waals surface area (Å²) < 4.78 is 4.49. The standard InChI is InChI=1S/C10H12N2O4S/c1-16-10(13)6-17-5-7-2-3-9(12(14)15)8(11)4-7/h2-4H,5-6,11H2,1H3. The quantitative estimate of drug-likeness (QED) is 0.372. The second-order valence-electron chi connectivity index (χ2n) is 3.22. The van der Waals surface area contributed by atoms with Crippen LogP contribution in [0.1, 0.15) is 5.56 Å². The normalized spacial score (nSPS) is 9.94. The molecule has 0 aromatic heterocycles. The van der Waals surface area contributed by atoms with Crippen molar-refractivity contribution in [2.24, 2.45) is 0 Å². The van der Waals surface area contributed by atoms with Crippen molar-refractivity contribution in [1.29, 1.82) is 0 Å². The lowest BCUT2D eigenvalue weighted by Gasteiger charge is -2.03. The summed E-state index contributed by atoms with van der Waals surface area (Å²) >= 11 is 1.36. The number of thioether (sulfide) groups is 1. The molecule has 0 spiro atoms. The summed E-state index contributed by atoms with van der Waals surface area (Å²) in [6.45, 7) is 0. The molecule has 0 amide bonds. The molecule has 92 valence electrons. The molecule has 1 rings (SSSR count). The van der Waals surface area contributed by atoms with Gasteiger partial charge in [0.2, 0.25) is 0 Å². The van der Waals surface area contributed by atoms with Crippen LogP contribution in [0.15, 0.2) is 18.2 Å². The zero-order valence-electron chi connectivity index (χ0n) is 9.21. The number of esters is 1. The Kier molecular flexibility index (Phi) is 4.77. The van der Waals surface area contributed by atoms with E-state index in [9.17, 15) is 14.9 Å². The summed E-state index contributed by atoms with van der Waals surface area (Å²) in [6, 6.07) is 4.53. The van der Waals surface area contributed by atoms with Gasteiger partial charge >= 0.3 is 5.97 Å². The van der Waals surface area contributed by atoms with Gasteiger partial charge in [-0.2, -0.15) is 0 Å². The predicted molar refractivity (Wildman–Crippen MR) is 65.7 cm³/mol. The number of anilines is 1. The molecule has 0 saturated carbocycles. The number of rotatable bonds is 5. The van der Waals surface area contributed by atoms with Crippen molar-refractivity contribution < 1.29 is 14.5 Å². The Morgan fingerprint density at radius 1 is 1.59 bits per heavy atom. The Hall–Kier alpha value is -1.76. The van der Waals surface area contributed by atoms with E-state index in [0.717, 1.165) is 5.56 Å². The van der Waals surface area contributed by atoms with Crippen molar-refractivity contribution in [1.82, 2.24) is 0 Å². The average Bonchev–Trinajstić information content (AvgIpc) is 2.28. The van der Waals surface area contributed by atoms with E-state index in [1.54, 1.807) is 12.1 Å². The minimum absolute atomic E-state index is 0.105. The number of hydrogen-bond donors (Lipinski definition) is 1. The summed E-state index contributed by atoms with van der Waals surface area (Å²) in [7, 11) is 1.33. The fourth-order valence-corrected chi connectivity index (χ4v) is 1.97. The van der Waals surface area contributed by atoms with Crippen LogP contribution in [0.3, 0.4) is 0 Å². The van der Waals surface area contributed by atoms with Crippen LogP contribution in [-0.2, 0) is 15.3 Å². The lowest BCUT2D eigenvalue weighted by molar-refractivity contribution is -0.383. The maximum Gasteiger partial charge on any atom is 0.315 e. The number of carbonyl (C=O) groups excluding carboxylic acids is 1. The third-order valence-electron chi connectivity index (χ3n) is 2.00. The van der Waals surface area contributed by atoms with Crippen LogP contribution in [0.4, 0.5) is 11.4 Å². The van der Waals surface area contributed by atoms with Crippen LogP contribution in [-0.4, -0.2) is 23.8 Å². The van der Waals surface area contributed by atoms with Gasteiger partial charge in [0, 0.05) is 11.8 Å². The Bertz CT molecular complexity index is 436. The first-order valence-electron chi connectivity index (χ1n) is 4.72. The van der Waals surface area contributed by atoms with Gasteiger partial charge in [0.05, 0.1) is 17.8 Å². The number of carbonyl (C=O) groups is 1. The van der Waals surface area contributed by atoms with E-state index in [1.807, 2.05) is 0 Å². The Morgan fingerprint density at radius 2 is 2.29 bits per heavy atom. The first-order valence-corrected chi connectivity index (χ1v) is 5.87. The molecule has 0 atom stereocenters. The molecule has 0 fully saturated rings. The van der Waals surface area contributed by atoms with Crippen LogP contribution in [0.25, 0.3) is 0 Å². The molecule has 17 heavy (non-hydrogen) atoms. The molecular formula is C10H12N2O4S. The minimum Gasteiger partial charge on any atom is -0.468 e. The number of nitrogen functional groups attached to an aromatic ring is 1. The fourth-order valence-electron chi connectivity index (χ4n) is 1.17. The first-order chi connectivity index (χ1) is 8.04. The molecule has 0 radical (unpaired) electrons. The third-order valence-corrected chi connectivity index (χ3v) is 2.98. The number of methoxy groups -OCH3 is 1. The molecule has 0 aliphatic heterocycles. The van der Waals surface area contributed by atoms with Gasteiger partial charge in [-0.3, -0.25) is 14.9 Å². The molecule has 0 saturated heterocycles. The van der Waals surface area contributed by atoms with Crippen LogP contribution < -0.4 is 5.73 Å². The van der Waals surface area contributed by atoms with Crippen LogP contribution >= 0.6 is 11.8 Å². The first kappa shape index (κ1) is 13.3. The van der Waals surface area contributed by atoms with E-state index in [4.69, 9.17) is 5.73 Å². The zero-order valence-corrected chi connectivity index (χ0v) is 10.0. The van der Waals surface area contributed by atoms with Crippen molar-refractivity contribution in [2.45, 2.75) is 5.75 Å². The van der Waals surface area contributed by atoms with E-state index in [0.29, 0.717) is 5.75 Å². The number of nitro benzene ring substituents is 1.